The van der Waals surface area contributed by atoms with Gasteiger partial charge in [0.25, 0.3) is 0 Å². The lowest BCUT2D eigenvalue weighted by atomic mass is 10.2. The largest absolute Gasteiger partial charge is 0.492 e. The van der Waals surface area contributed by atoms with Gasteiger partial charge in [-0.15, -0.1) is 0 Å². The van der Waals surface area contributed by atoms with Crippen LogP contribution >= 0.6 is 23.2 Å². The summed E-state index contributed by atoms with van der Waals surface area (Å²) in [5.74, 6) is 0.730. The third kappa shape index (κ3) is 6.03. The fourth-order valence-corrected chi connectivity index (χ4v) is 3.79. The lowest BCUT2D eigenvalue weighted by Gasteiger charge is -2.24. The molecule has 2 aromatic carbocycles. The molecule has 0 aliphatic carbocycles. The smallest absolute Gasteiger partial charge is 0.222 e. The molecule has 0 unspecified atom stereocenters. The Kier molecular flexibility index (Phi) is 7.62. The Labute approximate surface area is 181 Å². The highest BCUT2D eigenvalue weighted by molar-refractivity contribution is 6.35. The summed E-state index contributed by atoms with van der Waals surface area (Å²) < 4.78 is 5.66. The van der Waals surface area contributed by atoms with Crippen molar-refractivity contribution in [1.29, 1.82) is 5.26 Å². The first kappa shape index (κ1) is 21.3. The minimum Gasteiger partial charge on any atom is -0.492 e. The van der Waals surface area contributed by atoms with Crippen LogP contribution in [0.3, 0.4) is 0 Å². The second kappa shape index (κ2) is 10.4. The normalized spacial score (nSPS) is 14.2. The third-order valence-electron chi connectivity index (χ3n) is 4.90. The zero-order valence-corrected chi connectivity index (χ0v) is 17.6. The van der Waals surface area contributed by atoms with E-state index in [0.717, 1.165) is 31.7 Å². The van der Waals surface area contributed by atoms with Crippen LogP contribution in [0.25, 0.3) is 0 Å². The van der Waals surface area contributed by atoms with Crippen LogP contribution in [0.4, 0.5) is 5.69 Å². The summed E-state index contributed by atoms with van der Waals surface area (Å²) in [5.41, 5.74) is 1.74. The molecule has 0 saturated carbocycles. The Hall–Kier alpha value is -2.42. The van der Waals surface area contributed by atoms with Gasteiger partial charge in [-0.1, -0.05) is 23.2 Å². The highest BCUT2D eigenvalue weighted by Crippen LogP contribution is 2.27. The number of benzene rings is 2. The van der Waals surface area contributed by atoms with Crippen LogP contribution in [0.1, 0.15) is 24.8 Å². The molecule has 0 atom stereocenters. The lowest BCUT2D eigenvalue weighted by Crippen LogP contribution is -2.35. The average Bonchev–Trinajstić information content (AvgIpc) is 2.99. The monoisotopic (exact) mass is 431 g/mol. The van der Waals surface area contributed by atoms with E-state index >= 15 is 0 Å². The van der Waals surface area contributed by atoms with Gasteiger partial charge in [-0.3, -0.25) is 4.79 Å². The topological polar surface area (TPSA) is 56.6 Å². The maximum Gasteiger partial charge on any atom is 0.222 e. The average molecular weight is 432 g/mol. The molecule has 1 amide bonds. The highest BCUT2D eigenvalue weighted by atomic mass is 35.5. The number of anilines is 1. The van der Waals surface area contributed by atoms with Crippen molar-refractivity contribution in [2.75, 3.05) is 37.7 Å². The van der Waals surface area contributed by atoms with Crippen molar-refractivity contribution in [2.45, 2.75) is 19.3 Å². The van der Waals surface area contributed by atoms with Crippen molar-refractivity contribution < 1.29 is 9.53 Å². The van der Waals surface area contributed by atoms with Crippen LogP contribution in [-0.2, 0) is 4.79 Å². The summed E-state index contributed by atoms with van der Waals surface area (Å²) in [6.07, 6.45) is 2.00. The molecule has 1 heterocycles. The SMILES string of the molecule is N#Cc1ccc(N2CCCN(C(=O)CCCOc3ccc(Cl)cc3Cl)CC2)cc1. The van der Waals surface area contributed by atoms with Crippen molar-refractivity contribution in [2.24, 2.45) is 0 Å². The Bertz CT molecular complexity index is 881. The van der Waals surface area contributed by atoms with Gasteiger partial charge in [-0.25, -0.2) is 0 Å². The molecule has 7 heteroatoms. The zero-order valence-electron chi connectivity index (χ0n) is 16.1. The molecule has 1 aliphatic heterocycles. The van der Waals surface area contributed by atoms with Gasteiger partial charge in [0.15, 0.2) is 0 Å². The number of hydrogen-bond acceptors (Lipinski definition) is 4. The maximum absolute atomic E-state index is 12.6. The Balaban J connectivity index is 1.43. The van der Waals surface area contributed by atoms with Crippen molar-refractivity contribution >= 4 is 34.8 Å². The van der Waals surface area contributed by atoms with Crippen molar-refractivity contribution in [3.8, 4) is 11.8 Å². The molecule has 0 radical (unpaired) electrons. The molecule has 0 bridgehead atoms. The molecular weight excluding hydrogens is 409 g/mol. The summed E-state index contributed by atoms with van der Waals surface area (Å²) in [5, 5.41) is 9.96. The van der Waals surface area contributed by atoms with Gasteiger partial charge in [-0.2, -0.15) is 5.26 Å². The second-order valence-electron chi connectivity index (χ2n) is 6.91. The first-order chi connectivity index (χ1) is 14.1. The number of carbonyl (C=O) groups is 1. The standard InChI is InChI=1S/C22H23Cl2N3O2/c23-18-6-9-21(20(24)15-18)29-14-1-3-22(28)27-11-2-10-26(12-13-27)19-7-4-17(16-25)5-8-19/h4-9,15H,1-3,10-14H2. The van der Waals surface area contributed by atoms with E-state index < -0.39 is 0 Å². The summed E-state index contributed by atoms with van der Waals surface area (Å²) in [6, 6.07) is 14.8. The van der Waals surface area contributed by atoms with E-state index in [1.54, 1.807) is 18.2 Å². The maximum atomic E-state index is 12.6. The third-order valence-corrected chi connectivity index (χ3v) is 5.43. The number of nitrogens with zero attached hydrogens (tertiary/aromatic N) is 3. The van der Waals surface area contributed by atoms with Gasteiger partial charge in [-0.05, 0) is 55.3 Å². The van der Waals surface area contributed by atoms with Gasteiger partial charge in [0.05, 0.1) is 23.3 Å². The molecule has 152 valence electrons. The molecule has 3 rings (SSSR count). The predicted octanol–water partition coefficient (Wildman–Crippen LogP) is 4.76. The van der Waals surface area contributed by atoms with Crippen LogP contribution in [0.5, 0.6) is 5.75 Å². The van der Waals surface area contributed by atoms with E-state index in [2.05, 4.69) is 11.0 Å². The summed E-state index contributed by atoms with van der Waals surface area (Å²) in [4.78, 5) is 16.8. The van der Waals surface area contributed by atoms with E-state index in [9.17, 15) is 4.79 Å². The van der Waals surface area contributed by atoms with Crippen molar-refractivity contribution in [3.05, 3.63) is 58.1 Å². The van der Waals surface area contributed by atoms with E-state index in [4.69, 9.17) is 33.2 Å². The van der Waals surface area contributed by atoms with E-state index in [1.165, 1.54) is 0 Å². The van der Waals surface area contributed by atoms with Gasteiger partial charge >= 0.3 is 0 Å². The molecule has 1 aliphatic rings. The fourth-order valence-electron chi connectivity index (χ4n) is 3.33. The first-order valence-electron chi connectivity index (χ1n) is 9.67. The van der Waals surface area contributed by atoms with E-state index in [1.807, 2.05) is 29.2 Å². The number of nitriles is 1. The zero-order chi connectivity index (χ0) is 20.6. The van der Waals surface area contributed by atoms with E-state index in [0.29, 0.717) is 47.4 Å². The van der Waals surface area contributed by atoms with Crippen LogP contribution in [0.2, 0.25) is 10.0 Å². The number of halogens is 2. The van der Waals surface area contributed by atoms with Gasteiger partial charge in [0.1, 0.15) is 5.75 Å². The first-order valence-corrected chi connectivity index (χ1v) is 10.4. The van der Waals surface area contributed by atoms with Crippen LogP contribution in [0, 0.1) is 11.3 Å². The lowest BCUT2D eigenvalue weighted by molar-refractivity contribution is -0.131. The molecule has 0 N–H and O–H groups in total. The van der Waals surface area contributed by atoms with E-state index in [-0.39, 0.29) is 5.91 Å². The predicted molar refractivity (Wildman–Crippen MR) is 116 cm³/mol. The second-order valence-corrected chi connectivity index (χ2v) is 7.75. The quantitative estimate of drug-likeness (QED) is 0.618. The molecule has 0 aromatic heterocycles. The Morgan fingerprint density at radius 1 is 1.07 bits per heavy atom. The Morgan fingerprint density at radius 3 is 2.59 bits per heavy atom. The van der Waals surface area contributed by atoms with Crippen molar-refractivity contribution in [1.82, 2.24) is 4.90 Å². The number of amides is 1. The summed E-state index contributed by atoms with van der Waals surface area (Å²) >= 11 is 12.0. The van der Waals surface area contributed by atoms with Crippen LogP contribution in [0.15, 0.2) is 42.5 Å². The molecule has 1 saturated heterocycles. The molecule has 0 spiro atoms. The molecular formula is C22H23Cl2N3O2. The highest BCUT2D eigenvalue weighted by Gasteiger charge is 2.19. The Morgan fingerprint density at radius 2 is 1.86 bits per heavy atom. The number of carbonyl (C=O) groups excluding carboxylic acids is 1. The van der Waals surface area contributed by atoms with Crippen LogP contribution < -0.4 is 9.64 Å². The molecule has 5 nitrogen and oxygen atoms in total. The number of hydrogen-bond donors (Lipinski definition) is 0. The van der Waals surface area contributed by atoms with Crippen LogP contribution in [-0.4, -0.2) is 43.6 Å². The molecule has 1 fully saturated rings. The van der Waals surface area contributed by atoms with Gasteiger partial charge in [0.2, 0.25) is 5.91 Å². The fraction of sp³-hybridized carbons (Fsp3) is 0.364. The summed E-state index contributed by atoms with van der Waals surface area (Å²) in [7, 11) is 0. The molecule has 29 heavy (non-hydrogen) atoms. The van der Waals surface area contributed by atoms with Crippen molar-refractivity contribution in [3.63, 3.8) is 0 Å². The minimum atomic E-state index is 0.150. The van der Waals surface area contributed by atoms with Gasteiger partial charge in [0, 0.05) is 43.3 Å². The number of rotatable bonds is 6. The number of ether oxygens (including phenoxy) is 1. The molecule has 2 aromatic rings. The van der Waals surface area contributed by atoms with Gasteiger partial charge < -0.3 is 14.5 Å². The summed E-state index contributed by atoms with van der Waals surface area (Å²) in [6.45, 7) is 3.57. The minimum absolute atomic E-state index is 0.150.